The van der Waals surface area contributed by atoms with E-state index in [9.17, 15) is 27.6 Å². The van der Waals surface area contributed by atoms with Gasteiger partial charge in [0, 0.05) is 41.2 Å². The first-order chi connectivity index (χ1) is 22.7. The van der Waals surface area contributed by atoms with E-state index in [0.717, 1.165) is 28.5 Å². The highest BCUT2D eigenvalue weighted by Gasteiger charge is 2.45. The molecular formula is C35H32F3N7O3. The van der Waals surface area contributed by atoms with Gasteiger partial charge in [0.2, 0.25) is 11.8 Å². The minimum atomic E-state index is -4.70. The normalized spacial score (nSPS) is 18.0. The van der Waals surface area contributed by atoms with Crippen LogP contribution in [0.4, 0.5) is 19.0 Å². The largest absolute Gasteiger partial charge is 0.433 e. The molecule has 3 atom stereocenters. The van der Waals surface area contributed by atoms with Gasteiger partial charge in [0.25, 0.3) is 0 Å². The van der Waals surface area contributed by atoms with Crippen LogP contribution in [-0.2, 0) is 22.3 Å². The zero-order chi connectivity index (χ0) is 34.7. The van der Waals surface area contributed by atoms with Gasteiger partial charge in [-0.05, 0) is 74.9 Å². The van der Waals surface area contributed by atoms with Gasteiger partial charge < -0.3 is 14.8 Å². The third-order valence-corrected chi connectivity index (χ3v) is 8.78. The first-order valence-electron chi connectivity index (χ1n) is 15.3. The van der Waals surface area contributed by atoms with Crippen molar-refractivity contribution < 1.29 is 27.6 Å². The maximum atomic E-state index is 14.1. The molecule has 1 aliphatic rings. The van der Waals surface area contributed by atoms with E-state index in [-0.39, 0.29) is 30.5 Å². The average Bonchev–Trinajstić information content (AvgIpc) is 3.69. The smallest absolute Gasteiger partial charge is 0.337 e. The van der Waals surface area contributed by atoms with Crippen molar-refractivity contribution in [2.45, 2.75) is 65.8 Å². The summed E-state index contributed by atoms with van der Waals surface area (Å²) in [6.45, 7) is 8.31. The zero-order valence-corrected chi connectivity index (χ0v) is 26.9. The lowest BCUT2D eigenvalue weighted by Crippen LogP contribution is -2.48. The maximum Gasteiger partial charge on any atom is 0.433 e. The number of ketones is 1. The molecule has 0 aliphatic carbocycles. The summed E-state index contributed by atoms with van der Waals surface area (Å²) < 4.78 is 43.4. The highest BCUT2D eigenvalue weighted by atomic mass is 19.4. The molecule has 4 aromatic heterocycles. The first-order valence-corrected chi connectivity index (χ1v) is 15.3. The second-order valence-electron chi connectivity index (χ2n) is 12.3. The Morgan fingerprint density at radius 3 is 2.50 bits per heavy atom. The van der Waals surface area contributed by atoms with Gasteiger partial charge in [-0.15, -0.1) is 6.42 Å². The average molecular weight is 656 g/mol. The number of nitrogens with one attached hydrogen (secondary N) is 1. The number of aryl methyl sites for hydroxylation is 3. The molecule has 1 saturated heterocycles. The summed E-state index contributed by atoms with van der Waals surface area (Å²) >= 11 is 0. The standard InChI is InChI=1S/C35H32F3N7O3/c1-7-27-19(3)11-28(34(48)41-33-18(2)8-9-29(40-33)35(36,37)38)45(27)31(47)17-43-16-26(22(6)46)25-13-23(10-20(4)32(25)43)24-14-39-30-12-21(5)42-44(30)15-24/h1,8-10,12-16,19,27-28H,11,17H2,2-6H3,(H,40,41,48)/t19-,27+,28-/m0/s1. The highest BCUT2D eigenvalue weighted by molar-refractivity contribution is 6.09. The van der Waals surface area contributed by atoms with Crippen molar-refractivity contribution in [1.82, 2.24) is 29.0 Å². The van der Waals surface area contributed by atoms with Crippen LogP contribution in [0.25, 0.3) is 27.7 Å². The fourth-order valence-electron chi connectivity index (χ4n) is 6.48. The molecule has 1 fully saturated rings. The second kappa shape index (κ2) is 11.9. The molecule has 0 radical (unpaired) electrons. The fraction of sp³-hybridized carbons (Fsp3) is 0.314. The summed E-state index contributed by atoms with van der Waals surface area (Å²) in [6, 6.07) is 5.95. The number of rotatable bonds is 6. The molecule has 0 saturated carbocycles. The number of nitrogens with zero attached hydrogens (tertiary/aromatic N) is 6. The SMILES string of the molecule is C#C[C@@H]1[C@@H](C)C[C@@H](C(=O)Nc2nc(C(F)(F)F)ccc2C)N1C(=O)Cn1cc(C(C)=O)c2cc(-c3cnc4cc(C)nn4c3)cc(C)c21. The van der Waals surface area contributed by atoms with Crippen LogP contribution in [0, 0.1) is 39.0 Å². The molecule has 10 nitrogen and oxygen atoms in total. The summed E-state index contributed by atoms with van der Waals surface area (Å²) in [6.07, 6.45) is 6.56. The van der Waals surface area contributed by atoms with E-state index in [4.69, 9.17) is 6.42 Å². The van der Waals surface area contributed by atoms with Gasteiger partial charge in [-0.25, -0.2) is 14.5 Å². The molecule has 5 aromatic rings. The predicted octanol–water partition coefficient (Wildman–Crippen LogP) is 5.77. The molecule has 0 spiro atoms. The van der Waals surface area contributed by atoms with E-state index in [1.54, 1.807) is 21.5 Å². The number of terminal acetylenes is 1. The Kier molecular flexibility index (Phi) is 8.06. The Hall–Kier alpha value is -5.51. The number of hydrogen-bond donors (Lipinski definition) is 1. The Morgan fingerprint density at radius 2 is 1.81 bits per heavy atom. The zero-order valence-electron chi connectivity index (χ0n) is 26.9. The topological polar surface area (TPSA) is 114 Å². The van der Waals surface area contributed by atoms with Crippen molar-refractivity contribution in [3.05, 3.63) is 77.0 Å². The van der Waals surface area contributed by atoms with Gasteiger partial charge in [0.1, 0.15) is 24.1 Å². The minimum absolute atomic E-state index is 0.198. The number of likely N-dealkylation sites (tertiary alicyclic amines) is 1. The van der Waals surface area contributed by atoms with E-state index in [2.05, 4.69) is 26.3 Å². The summed E-state index contributed by atoms with van der Waals surface area (Å²) in [5, 5.41) is 7.58. The third kappa shape index (κ3) is 5.78. The van der Waals surface area contributed by atoms with E-state index in [0.29, 0.717) is 27.7 Å². The molecule has 2 amide bonds. The lowest BCUT2D eigenvalue weighted by molar-refractivity contribution is -0.141. The number of aromatic nitrogens is 5. The van der Waals surface area contributed by atoms with Crippen LogP contribution in [0.15, 0.2) is 48.9 Å². The van der Waals surface area contributed by atoms with Crippen LogP contribution in [0.3, 0.4) is 0 Å². The van der Waals surface area contributed by atoms with Gasteiger partial charge >= 0.3 is 6.18 Å². The maximum absolute atomic E-state index is 14.1. The molecule has 13 heteroatoms. The van der Waals surface area contributed by atoms with Gasteiger partial charge in [-0.3, -0.25) is 14.4 Å². The Balaban J connectivity index is 1.33. The molecule has 1 aromatic carbocycles. The molecule has 0 bridgehead atoms. The Bertz CT molecular complexity index is 2180. The molecule has 0 unspecified atom stereocenters. The first kappa shape index (κ1) is 32.4. The van der Waals surface area contributed by atoms with E-state index < -0.39 is 35.8 Å². The lowest BCUT2D eigenvalue weighted by atomic mass is 10.0. The second-order valence-corrected chi connectivity index (χ2v) is 12.3. The van der Waals surface area contributed by atoms with Crippen molar-refractivity contribution in [3.63, 3.8) is 0 Å². The lowest BCUT2D eigenvalue weighted by Gasteiger charge is -2.28. The van der Waals surface area contributed by atoms with E-state index in [1.807, 2.05) is 45.2 Å². The molecular weight excluding hydrogens is 623 g/mol. The third-order valence-electron chi connectivity index (χ3n) is 8.78. The van der Waals surface area contributed by atoms with Crippen LogP contribution < -0.4 is 5.32 Å². The van der Waals surface area contributed by atoms with E-state index >= 15 is 0 Å². The van der Waals surface area contributed by atoms with Crippen molar-refractivity contribution in [2.24, 2.45) is 5.92 Å². The Morgan fingerprint density at radius 1 is 1.06 bits per heavy atom. The number of alkyl halides is 3. The Labute approximate surface area is 274 Å². The van der Waals surface area contributed by atoms with Crippen molar-refractivity contribution in [2.75, 3.05) is 5.32 Å². The number of Topliss-reactive ketones (excluding diaryl/α,β-unsaturated/α-hetero) is 1. The molecule has 1 aliphatic heterocycles. The van der Waals surface area contributed by atoms with Gasteiger partial charge in [-0.1, -0.05) is 18.9 Å². The number of amides is 2. The van der Waals surface area contributed by atoms with Crippen LogP contribution in [-0.4, -0.2) is 58.7 Å². The summed E-state index contributed by atoms with van der Waals surface area (Å²) in [4.78, 5) is 49.9. The van der Waals surface area contributed by atoms with Crippen LogP contribution in [0.5, 0.6) is 0 Å². The fourth-order valence-corrected chi connectivity index (χ4v) is 6.48. The molecule has 1 N–H and O–H groups in total. The number of fused-ring (bicyclic) bond motifs is 2. The van der Waals surface area contributed by atoms with Gasteiger partial charge in [0.15, 0.2) is 11.4 Å². The number of pyridine rings is 1. The molecule has 6 rings (SSSR count). The number of benzene rings is 1. The van der Waals surface area contributed by atoms with Gasteiger partial charge in [-0.2, -0.15) is 18.3 Å². The molecule has 246 valence electrons. The number of hydrogen-bond acceptors (Lipinski definition) is 6. The minimum Gasteiger partial charge on any atom is -0.337 e. The quantitative estimate of drug-likeness (QED) is 0.184. The molecule has 5 heterocycles. The highest BCUT2D eigenvalue weighted by Crippen LogP contribution is 2.35. The predicted molar refractivity (Wildman–Crippen MR) is 173 cm³/mol. The van der Waals surface area contributed by atoms with Crippen molar-refractivity contribution >= 4 is 40.0 Å². The number of carbonyl (C=O) groups excluding carboxylic acids is 3. The monoisotopic (exact) mass is 655 g/mol. The van der Waals surface area contributed by atoms with Crippen LogP contribution in [0.1, 0.15) is 53.1 Å². The molecule has 48 heavy (non-hydrogen) atoms. The number of anilines is 1. The van der Waals surface area contributed by atoms with Crippen molar-refractivity contribution in [1.29, 1.82) is 0 Å². The van der Waals surface area contributed by atoms with Gasteiger partial charge in [0.05, 0.1) is 17.3 Å². The number of carbonyl (C=O) groups is 3. The summed E-state index contributed by atoms with van der Waals surface area (Å²) in [5.74, 6) is 0.735. The number of halogens is 3. The van der Waals surface area contributed by atoms with Crippen LogP contribution in [0.2, 0.25) is 0 Å². The van der Waals surface area contributed by atoms with E-state index in [1.165, 1.54) is 24.8 Å². The summed E-state index contributed by atoms with van der Waals surface area (Å²) in [5.41, 5.74) is 4.18. The van der Waals surface area contributed by atoms with Crippen molar-refractivity contribution in [3.8, 4) is 23.5 Å². The van der Waals surface area contributed by atoms with Crippen LogP contribution >= 0.6 is 0 Å². The summed E-state index contributed by atoms with van der Waals surface area (Å²) in [7, 11) is 0.